The molecule has 0 radical (unpaired) electrons. The molecule has 1 aromatic carbocycles. The van der Waals surface area contributed by atoms with Gasteiger partial charge in [-0.3, -0.25) is 4.98 Å². The summed E-state index contributed by atoms with van der Waals surface area (Å²) >= 11 is 0. The van der Waals surface area contributed by atoms with Gasteiger partial charge in [-0.15, -0.1) is 0 Å². The minimum absolute atomic E-state index is 0.315. The van der Waals surface area contributed by atoms with E-state index in [2.05, 4.69) is 17.1 Å². The molecular formula is C16H18N2O2. The second-order valence-electron chi connectivity index (χ2n) is 4.47. The summed E-state index contributed by atoms with van der Waals surface area (Å²) < 4.78 is 5.24. The Morgan fingerprint density at radius 3 is 2.75 bits per heavy atom. The summed E-state index contributed by atoms with van der Waals surface area (Å²) in [5.74, 6) is -0.324. The topological polar surface area (TPSA) is 65.2 Å². The van der Waals surface area contributed by atoms with E-state index in [1.165, 1.54) is 5.56 Å². The number of carbonyl (C=O) groups excluding carboxylic acids is 1. The van der Waals surface area contributed by atoms with Crippen molar-refractivity contribution >= 4 is 5.97 Å². The van der Waals surface area contributed by atoms with Gasteiger partial charge in [0.1, 0.15) is 0 Å². The van der Waals surface area contributed by atoms with Crippen molar-refractivity contribution in [1.29, 1.82) is 0 Å². The fourth-order valence-electron chi connectivity index (χ4n) is 1.89. The first-order valence-corrected chi connectivity index (χ1v) is 6.65. The summed E-state index contributed by atoms with van der Waals surface area (Å²) in [5, 5.41) is 0. The summed E-state index contributed by atoms with van der Waals surface area (Å²) in [4.78, 5) is 15.9. The monoisotopic (exact) mass is 270 g/mol. The molecule has 0 unspecified atom stereocenters. The van der Waals surface area contributed by atoms with E-state index in [1.54, 1.807) is 18.3 Å². The lowest BCUT2D eigenvalue weighted by atomic mass is 10.1. The molecule has 104 valence electrons. The maximum atomic E-state index is 11.8. The maximum absolute atomic E-state index is 11.8. The average Bonchev–Trinajstić information content (AvgIpc) is 2.52. The highest BCUT2D eigenvalue weighted by molar-refractivity contribution is 5.89. The number of ether oxygens (including phenoxy) is 1. The number of hydrogen-bond acceptors (Lipinski definition) is 4. The lowest BCUT2D eigenvalue weighted by molar-refractivity contribution is 0.0500. The first kappa shape index (κ1) is 14.2. The van der Waals surface area contributed by atoms with Crippen LogP contribution in [0.2, 0.25) is 0 Å². The van der Waals surface area contributed by atoms with Crippen LogP contribution in [0.1, 0.15) is 28.0 Å². The van der Waals surface area contributed by atoms with Gasteiger partial charge in [-0.25, -0.2) is 4.79 Å². The van der Waals surface area contributed by atoms with Gasteiger partial charge in [0.05, 0.1) is 17.9 Å². The molecule has 0 spiro atoms. The molecule has 2 N–H and O–H groups in total. The highest BCUT2D eigenvalue weighted by Gasteiger charge is 2.07. The van der Waals surface area contributed by atoms with E-state index in [0.717, 1.165) is 12.8 Å². The largest absolute Gasteiger partial charge is 0.462 e. The Morgan fingerprint density at radius 2 is 2.00 bits per heavy atom. The van der Waals surface area contributed by atoms with Crippen LogP contribution in [0, 0.1) is 0 Å². The smallest absolute Gasteiger partial charge is 0.338 e. The van der Waals surface area contributed by atoms with Crippen LogP contribution in [-0.2, 0) is 17.7 Å². The van der Waals surface area contributed by atoms with Crippen LogP contribution in [0.5, 0.6) is 0 Å². The predicted molar refractivity (Wildman–Crippen MR) is 77.2 cm³/mol. The zero-order valence-electron chi connectivity index (χ0n) is 11.3. The van der Waals surface area contributed by atoms with E-state index in [-0.39, 0.29) is 5.97 Å². The summed E-state index contributed by atoms with van der Waals surface area (Å²) in [5.41, 5.74) is 7.92. The number of hydrogen-bond donors (Lipinski definition) is 1. The summed E-state index contributed by atoms with van der Waals surface area (Å²) in [6.07, 6.45) is 3.28. The van der Waals surface area contributed by atoms with Crippen molar-refractivity contribution in [3.05, 3.63) is 65.5 Å². The van der Waals surface area contributed by atoms with Crippen molar-refractivity contribution < 1.29 is 9.53 Å². The molecule has 2 aromatic rings. The third-order valence-corrected chi connectivity index (χ3v) is 2.95. The molecule has 0 saturated carbocycles. The molecule has 0 bridgehead atoms. The van der Waals surface area contributed by atoms with E-state index < -0.39 is 0 Å². The third-order valence-electron chi connectivity index (χ3n) is 2.95. The summed E-state index contributed by atoms with van der Waals surface area (Å²) in [6, 6.07) is 13.4. The highest BCUT2D eigenvalue weighted by atomic mass is 16.5. The normalized spacial score (nSPS) is 10.2. The van der Waals surface area contributed by atoms with Gasteiger partial charge < -0.3 is 10.5 Å². The fourth-order valence-corrected chi connectivity index (χ4v) is 1.89. The Morgan fingerprint density at radius 1 is 1.20 bits per heavy atom. The number of nitrogens with zero attached hydrogens (tertiary/aromatic N) is 1. The van der Waals surface area contributed by atoms with Crippen LogP contribution in [0.3, 0.4) is 0 Å². The lowest BCUT2D eigenvalue weighted by Gasteiger charge is -2.06. The van der Waals surface area contributed by atoms with E-state index >= 15 is 0 Å². The quantitative estimate of drug-likeness (QED) is 0.646. The molecule has 0 aliphatic heterocycles. The molecule has 4 nitrogen and oxygen atoms in total. The van der Waals surface area contributed by atoms with E-state index in [1.807, 2.05) is 18.2 Å². The van der Waals surface area contributed by atoms with Crippen molar-refractivity contribution in [3.8, 4) is 0 Å². The molecular weight excluding hydrogens is 252 g/mol. The summed E-state index contributed by atoms with van der Waals surface area (Å²) in [6.45, 7) is 0.725. The molecule has 2 rings (SSSR count). The van der Waals surface area contributed by atoms with Crippen molar-refractivity contribution in [3.63, 3.8) is 0 Å². The van der Waals surface area contributed by atoms with Gasteiger partial charge in [-0.05, 0) is 30.5 Å². The molecule has 0 atom stereocenters. The van der Waals surface area contributed by atoms with E-state index in [9.17, 15) is 4.79 Å². The first-order chi connectivity index (χ1) is 9.79. The highest BCUT2D eigenvalue weighted by Crippen LogP contribution is 2.06. The van der Waals surface area contributed by atoms with Crippen molar-refractivity contribution in [2.75, 3.05) is 6.61 Å². The predicted octanol–water partition coefficient (Wildman–Crippen LogP) is 2.33. The SMILES string of the molecule is NCc1cc(C(=O)OCCCc2ccccc2)ccn1. The van der Waals surface area contributed by atoms with Gasteiger partial charge >= 0.3 is 5.97 Å². The number of aryl methyl sites for hydroxylation is 1. The molecule has 1 aromatic heterocycles. The third kappa shape index (κ3) is 4.17. The number of rotatable bonds is 6. The number of aromatic nitrogens is 1. The van der Waals surface area contributed by atoms with Crippen molar-refractivity contribution in [1.82, 2.24) is 4.98 Å². The molecule has 20 heavy (non-hydrogen) atoms. The minimum atomic E-state index is -0.324. The van der Waals surface area contributed by atoms with Crippen LogP contribution >= 0.6 is 0 Å². The second kappa shape index (κ2) is 7.40. The van der Waals surface area contributed by atoms with Crippen LogP contribution < -0.4 is 5.73 Å². The first-order valence-electron chi connectivity index (χ1n) is 6.65. The zero-order valence-corrected chi connectivity index (χ0v) is 11.3. The number of esters is 1. The van der Waals surface area contributed by atoms with Crippen molar-refractivity contribution in [2.45, 2.75) is 19.4 Å². The molecule has 0 saturated heterocycles. The number of benzene rings is 1. The lowest BCUT2D eigenvalue weighted by Crippen LogP contribution is -2.09. The average molecular weight is 270 g/mol. The number of carbonyl (C=O) groups is 1. The Bertz CT molecular complexity index is 555. The Hall–Kier alpha value is -2.20. The van der Waals surface area contributed by atoms with Gasteiger partial charge in [0, 0.05) is 12.7 Å². The Kier molecular flexibility index (Phi) is 5.26. The van der Waals surface area contributed by atoms with Gasteiger partial charge in [0.2, 0.25) is 0 Å². The second-order valence-corrected chi connectivity index (χ2v) is 4.47. The molecule has 4 heteroatoms. The molecule has 1 heterocycles. The standard InChI is InChI=1S/C16H18N2O2/c17-12-15-11-14(8-9-18-15)16(19)20-10-4-7-13-5-2-1-3-6-13/h1-3,5-6,8-9,11H,4,7,10,12,17H2. The fraction of sp³-hybridized carbons (Fsp3) is 0.250. The number of nitrogens with two attached hydrogens (primary N) is 1. The van der Waals surface area contributed by atoms with Crippen molar-refractivity contribution in [2.24, 2.45) is 5.73 Å². The van der Waals surface area contributed by atoms with E-state index in [0.29, 0.717) is 24.4 Å². The summed E-state index contributed by atoms with van der Waals surface area (Å²) in [7, 11) is 0. The maximum Gasteiger partial charge on any atom is 0.338 e. The van der Waals surface area contributed by atoms with Crippen LogP contribution in [-0.4, -0.2) is 17.6 Å². The molecule has 0 fully saturated rings. The van der Waals surface area contributed by atoms with E-state index in [4.69, 9.17) is 10.5 Å². The van der Waals surface area contributed by atoms with Crippen LogP contribution in [0.15, 0.2) is 48.7 Å². The van der Waals surface area contributed by atoms with Gasteiger partial charge in [0.15, 0.2) is 0 Å². The van der Waals surface area contributed by atoms with Gasteiger partial charge in [-0.2, -0.15) is 0 Å². The van der Waals surface area contributed by atoms with Gasteiger partial charge in [-0.1, -0.05) is 30.3 Å². The molecule has 0 amide bonds. The minimum Gasteiger partial charge on any atom is -0.462 e. The molecule has 0 aliphatic rings. The zero-order chi connectivity index (χ0) is 14.2. The Labute approximate surface area is 118 Å². The number of pyridine rings is 1. The molecule has 0 aliphatic carbocycles. The van der Waals surface area contributed by atoms with Crippen LogP contribution in [0.25, 0.3) is 0 Å². The van der Waals surface area contributed by atoms with Gasteiger partial charge in [0.25, 0.3) is 0 Å². The van der Waals surface area contributed by atoms with Crippen LogP contribution in [0.4, 0.5) is 0 Å². The Balaban J connectivity index is 1.77.